The zero-order valence-corrected chi connectivity index (χ0v) is 11.8. The number of halogens is 4. The predicted molar refractivity (Wildman–Crippen MR) is 76.2 cm³/mol. The van der Waals surface area contributed by atoms with Crippen molar-refractivity contribution < 1.29 is 27.2 Å². The van der Waals surface area contributed by atoms with Gasteiger partial charge in [-0.1, -0.05) is 24.3 Å². The summed E-state index contributed by atoms with van der Waals surface area (Å²) in [6, 6.07) is 7.06. The minimum Gasteiger partial charge on any atom is -0.211 e. The van der Waals surface area contributed by atoms with Gasteiger partial charge in [0.2, 0.25) is 12.2 Å². The van der Waals surface area contributed by atoms with E-state index >= 15 is 0 Å². The van der Waals surface area contributed by atoms with Crippen molar-refractivity contribution in [3.05, 3.63) is 59.7 Å². The van der Waals surface area contributed by atoms with Crippen LogP contribution < -0.4 is 0 Å². The van der Waals surface area contributed by atoms with Gasteiger partial charge < -0.3 is 0 Å². The maximum atomic E-state index is 14.2. The molecule has 0 aliphatic carbocycles. The van der Waals surface area contributed by atoms with Crippen molar-refractivity contribution in [1.29, 1.82) is 0 Å². The predicted octanol–water partition coefficient (Wildman–Crippen LogP) is 4.51. The number of carbonyl (C=O) groups excluding carboxylic acids is 2. The Bertz CT molecular complexity index is 749. The minimum absolute atomic E-state index is 0.0175. The highest BCUT2D eigenvalue weighted by Crippen LogP contribution is 2.49. The van der Waals surface area contributed by atoms with E-state index in [1.165, 1.54) is 12.2 Å². The summed E-state index contributed by atoms with van der Waals surface area (Å²) in [4.78, 5) is 26.6. The van der Waals surface area contributed by atoms with Gasteiger partial charge in [-0.2, -0.15) is 27.5 Å². The first kappa shape index (κ1) is 17.3. The van der Waals surface area contributed by atoms with Crippen LogP contribution in [-0.4, -0.2) is 12.2 Å². The molecule has 0 aliphatic rings. The van der Waals surface area contributed by atoms with Crippen LogP contribution in [0, 0.1) is 0 Å². The van der Waals surface area contributed by atoms with E-state index in [-0.39, 0.29) is 11.4 Å². The summed E-state index contributed by atoms with van der Waals surface area (Å²) in [6.07, 6.45) is 2.43. The van der Waals surface area contributed by atoms with E-state index in [0.717, 1.165) is 48.5 Å². The van der Waals surface area contributed by atoms with E-state index in [1.54, 1.807) is 0 Å². The molecule has 8 heteroatoms. The number of nitrogens with zero attached hydrogens (tertiary/aromatic N) is 2. The monoisotopic (exact) mass is 336 g/mol. The van der Waals surface area contributed by atoms with Gasteiger partial charge in [-0.3, -0.25) is 0 Å². The molecule has 0 saturated carbocycles. The topological polar surface area (TPSA) is 58.9 Å². The Balaban J connectivity index is 2.40. The van der Waals surface area contributed by atoms with Crippen molar-refractivity contribution in [3.8, 4) is 0 Å². The lowest BCUT2D eigenvalue weighted by molar-refractivity contribution is -0.223. The van der Waals surface area contributed by atoms with Crippen molar-refractivity contribution >= 4 is 23.5 Å². The average molecular weight is 336 g/mol. The second kappa shape index (κ2) is 6.58. The van der Waals surface area contributed by atoms with E-state index in [9.17, 15) is 27.2 Å². The van der Waals surface area contributed by atoms with Gasteiger partial charge in [0.15, 0.2) is 0 Å². The third-order valence-corrected chi connectivity index (χ3v) is 3.20. The summed E-state index contributed by atoms with van der Waals surface area (Å²) in [7, 11) is 0. The van der Waals surface area contributed by atoms with Gasteiger partial charge in [-0.15, -0.1) is 0 Å². The molecule has 0 saturated heterocycles. The summed E-state index contributed by atoms with van der Waals surface area (Å²) >= 11 is 0. The Morgan fingerprint density at radius 3 is 1.17 bits per heavy atom. The lowest BCUT2D eigenvalue weighted by atomic mass is 9.96. The zero-order valence-electron chi connectivity index (χ0n) is 11.8. The van der Waals surface area contributed by atoms with Crippen molar-refractivity contribution in [2.45, 2.75) is 11.8 Å². The molecule has 2 rings (SSSR count). The summed E-state index contributed by atoms with van der Waals surface area (Å²) in [6.45, 7) is 0. The molecule has 0 amide bonds. The average Bonchev–Trinajstić information content (AvgIpc) is 2.56. The fourth-order valence-electron chi connectivity index (χ4n) is 1.96. The molecule has 2 aromatic carbocycles. The third kappa shape index (κ3) is 3.15. The smallest absolute Gasteiger partial charge is 0.211 e. The molecule has 0 heterocycles. The molecule has 0 fully saturated rings. The van der Waals surface area contributed by atoms with Gasteiger partial charge in [-0.05, 0) is 24.3 Å². The highest BCUT2D eigenvalue weighted by Gasteiger charge is 2.58. The Hall–Kier alpha value is -3.08. The number of benzene rings is 2. The molecular formula is C16H8F4N2O2. The summed E-state index contributed by atoms with van der Waals surface area (Å²) in [5.41, 5.74) is -1.84. The van der Waals surface area contributed by atoms with E-state index in [1.807, 2.05) is 0 Å². The molecule has 0 aliphatic heterocycles. The Kier molecular flexibility index (Phi) is 4.74. The molecule has 0 unspecified atom stereocenters. The van der Waals surface area contributed by atoms with Crippen LogP contribution >= 0.6 is 0 Å². The van der Waals surface area contributed by atoms with Crippen LogP contribution in [0.15, 0.2) is 58.5 Å². The number of hydrogen-bond donors (Lipinski definition) is 0. The molecule has 0 radical (unpaired) electrons. The second-order valence-electron chi connectivity index (χ2n) is 4.65. The SMILES string of the molecule is O=C=Nc1ccc(C(F)(F)C(F)(F)c2ccc(N=C=O)cc2)cc1. The molecule has 0 aromatic heterocycles. The Labute approximate surface area is 133 Å². The van der Waals surface area contributed by atoms with Crippen LogP contribution in [0.1, 0.15) is 11.1 Å². The second-order valence-corrected chi connectivity index (χ2v) is 4.65. The summed E-state index contributed by atoms with van der Waals surface area (Å²) in [5, 5.41) is 0. The number of rotatable bonds is 5. The normalized spacial score (nSPS) is 11.3. The lowest BCUT2D eigenvalue weighted by Crippen LogP contribution is -2.35. The lowest BCUT2D eigenvalue weighted by Gasteiger charge is -2.27. The van der Waals surface area contributed by atoms with E-state index in [2.05, 4.69) is 9.98 Å². The standard InChI is InChI=1S/C16H8F4N2O2/c17-15(18,11-1-5-13(6-2-11)21-9-23)16(19,20)12-3-7-14(8-4-12)22-10-24/h1-8H. The first-order valence-electron chi connectivity index (χ1n) is 6.45. The summed E-state index contributed by atoms with van der Waals surface area (Å²) < 4.78 is 57.0. The first-order valence-corrected chi connectivity index (χ1v) is 6.45. The van der Waals surface area contributed by atoms with Crippen LogP contribution in [0.4, 0.5) is 28.9 Å². The number of isocyanates is 2. The van der Waals surface area contributed by atoms with Crippen molar-refractivity contribution in [3.63, 3.8) is 0 Å². The summed E-state index contributed by atoms with van der Waals surface area (Å²) in [5.74, 6) is -9.02. The molecule has 0 bridgehead atoms. The van der Waals surface area contributed by atoms with E-state index < -0.39 is 23.0 Å². The van der Waals surface area contributed by atoms with Crippen LogP contribution in [0.3, 0.4) is 0 Å². The van der Waals surface area contributed by atoms with Crippen LogP contribution in [0.5, 0.6) is 0 Å². The van der Waals surface area contributed by atoms with Gasteiger partial charge >= 0.3 is 11.8 Å². The van der Waals surface area contributed by atoms with Gasteiger partial charge in [0.25, 0.3) is 0 Å². The maximum Gasteiger partial charge on any atom is 0.339 e. The fourth-order valence-corrected chi connectivity index (χ4v) is 1.96. The molecule has 0 N–H and O–H groups in total. The van der Waals surface area contributed by atoms with Crippen molar-refractivity contribution in [2.75, 3.05) is 0 Å². The van der Waals surface area contributed by atoms with Crippen LogP contribution in [0.25, 0.3) is 0 Å². The first-order chi connectivity index (χ1) is 11.3. The van der Waals surface area contributed by atoms with E-state index in [4.69, 9.17) is 0 Å². The largest absolute Gasteiger partial charge is 0.339 e. The number of aliphatic imine (C=N–C) groups is 2. The Morgan fingerprint density at radius 2 is 0.917 bits per heavy atom. The molecular weight excluding hydrogens is 328 g/mol. The minimum atomic E-state index is -4.51. The van der Waals surface area contributed by atoms with Crippen molar-refractivity contribution in [2.24, 2.45) is 9.98 Å². The number of hydrogen-bond acceptors (Lipinski definition) is 4. The van der Waals surface area contributed by atoms with Crippen molar-refractivity contribution in [1.82, 2.24) is 0 Å². The third-order valence-electron chi connectivity index (χ3n) is 3.20. The zero-order chi connectivity index (χ0) is 17.8. The highest BCUT2D eigenvalue weighted by molar-refractivity contribution is 5.51. The molecule has 24 heavy (non-hydrogen) atoms. The highest BCUT2D eigenvalue weighted by atomic mass is 19.3. The van der Waals surface area contributed by atoms with Crippen LogP contribution in [0.2, 0.25) is 0 Å². The fraction of sp³-hybridized carbons (Fsp3) is 0.125. The number of alkyl halides is 4. The molecule has 0 atom stereocenters. The molecule has 122 valence electrons. The van der Waals surface area contributed by atoms with Crippen LogP contribution in [-0.2, 0) is 21.4 Å². The maximum absolute atomic E-state index is 14.2. The van der Waals surface area contributed by atoms with Gasteiger partial charge in [-0.25, -0.2) is 9.59 Å². The van der Waals surface area contributed by atoms with E-state index in [0.29, 0.717) is 0 Å². The molecule has 2 aromatic rings. The molecule has 4 nitrogen and oxygen atoms in total. The Morgan fingerprint density at radius 1 is 0.625 bits per heavy atom. The van der Waals surface area contributed by atoms with Gasteiger partial charge in [0, 0.05) is 11.1 Å². The quantitative estimate of drug-likeness (QED) is 0.458. The van der Waals surface area contributed by atoms with Gasteiger partial charge in [0.1, 0.15) is 0 Å². The molecule has 0 spiro atoms. The van der Waals surface area contributed by atoms with Gasteiger partial charge in [0.05, 0.1) is 11.4 Å².